The van der Waals surface area contributed by atoms with Gasteiger partial charge in [-0.05, 0) is 41.3 Å². The van der Waals surface area contributed by atoms with E-state index in [-0.39, 0.29) is 5.91 Å². The summed E-state index contributed by atoms with van der Waals surface area (Å²) in [5.41, 5.74) is 4.57. The van der Waals surface area contributed by atoms with Crippen molar-refractivity contribution >= 4 is 33.0 Å². The fourth-order valence-corrected chi connectivity index (χ4v) is 5.19. The first kappa shape index (κ1) is 21.7. The van der Waals surface area contributed by atoms with Crippen LogP contribution in [0.15, 0.2) is 60.7 Å². The smallest absolute Gasteiger partial charge is 0.268 e. The molecule has 2 N–H and O–H groups in total. The van der Waals surface area contributed by atoms with Gasteiger partial charge in [-0.25, -0.2) is 13.1 Å². The monoisotopic (exact) mass is 455 g/mol. The maximum Gasteiger partial charge on any atom is 0.268 e. The Balaban J connectivity index is 1.42. The molecule has 162 valence electrons. The van der Waals surface area contributed by atoms with E-state index in [0.29, 0.717) is 31.1 Å². The average molecular weight is 456 g/mol. The van der Waals surface area contributed by atoms with Gasteiger partial charge in [0.2, 0.25) is 10.0 Å². The highest BCUT2D eigenvalue weighted by Crippen LogP contribution is 2.37. The van der Waals surface area contributed by atoms with Crippen LogP contribution in [0.5, 0.6) is 0 Å². The molecular weight excluding hydrogens is 430 g/mol. The van der Waals surface area contributed by atoms with E-state index in [2.05, 4.69) is 28.2 Å². The molecule has 1 amide bonds. The lowest BCUT2D eigenvalue weighted by Crippen LogP contribution is -2.30. The minimum absolute atomic E-state index is 0.0268. The lowest BCUT2D eigenvalue weighted by Gasteiger charge is -2.17. The Labute approximate surface area is 187 Å². The Kier molecular flexibility index (Phi) is 6.52. The minimum atomic E-state index is -3.17. The highest BCUT2D eigenvalue weighted by atomic mass is 32.2. The molecule has 0 fully saturated rings. The molecule has 1 aliphatic rings. The van der Waals surface area contributed by atoms with Gasteiger partial charge in [-0.3, -0.25) is 4.79 Å². The second-order valence-electron chi connectivity index (χ2n) is 7.49. The maximum atomic E-state index is 13.2. The van der Waals surface area contributed by atoms with Gasteiger partial charge in [-0.1, -0.05) is 42.5 Å². The van der Waals surface area contributed by atoms with Gasteiger partial charge < -0.3 is 10.2 Å². The molecule has 2 aromatic carbocycles. The van der Waals surface area contributed by atoms with Gasteiger partial charge in [0.05, 0.1) is 11.1 Å². The number of carbonyl (C=O) groups excluding carboxylic acids is 1. The molecule has 4 rings (SSSR count). The van der Waals surface area contributed by atoms with Crippen LogP contribution < -0.4 is 14.9 Å². The van der Waals surface area contributed by atoms with Gasteiger partial charge in [0, 0.05) is 36.7 Å². The summed E-state index contributed by atoms with van der Waals surface area (Å²) in [6.07, 6.45) is 1.99. The summed E-state index contributed by atoms with van der Waals surface area (Å²) in [4.78, 5) is 16.8. The summed E-state index contributed by atoms with van der Waals surface area (Å²) in [5.74, 6) is 0.0268. The third-order valence-electron chi connectivity index (χ3n) is 5.20. The Morgan fingerprint density at radius 2 is 1.84 bits per heavy atom. The molecule has 8 heteroatoms. The molecule has 1 aliphatic heterocycles. The van der Waals surface area contributed by atoms with Crippen LogP contribution in [0.3, 0.4) is 0 Å². The SMILES string of the molecule is CS(=O)(=O)NCCNCc1ccc(C(=O)N2CCc3c(-c4ccccc4)cccc32)s1. The van der Waals surface area contributed by atoms with Crippen LogP contribution in [0.1, 0.15) is 20.1 Å². The fourth-order valence-electron chi connectivity index (χ4n) is 3.79. The van der Waals surface area contributed by atoms with Crippen LogP contribution >= 0.6 is 11.3 Å². The number of hydrogen-bond donors (Lipinski definition) is 2. The molecule has 0 bridgehead atoms. The number of nitrogens with zero attached hydrogens (tertiary/aromatic N) is 1. The van der Waals surface area contributed by atoms with Crippen LogP contribution in [0, 0.1) is 0 Å². The number of sulfonamides is 1. The number of nitrogens with one attached hydrogen (secondary N) is 2. The van der Waals surface area contributed by atoms with Crippen LogP contribution in [0.2, 0.25) is 0 Å². The Morgan fingerprint density at radius 3 is 2.61 bits per heavy atom. The number of amides is 1. The lowest BCUT2D eigenvalue weighted by molar-refractivity contribution is 0.0993. The lowest BCUT2D eigenvalue weighted by atomic mass is 9.98. The first-order valence-electron chi connectivity index (χ1n) is 10.2. The zero-order valence-corrected chi connectivity index (χ0v) is 18.9. The second-order valence-corrected chi connectivity index (χ2v) is 10.5. The Hall–Kier alpha value is -2.52. The van der Waals surface area contributed by atoms with Crippen molar-refractivity contribution in [2.75, 3.05) is 30.8 Å². The number of hydrogen-bond acceptors (Lipinski definition) is 5. The number of carbonyl (C=O) groups is 1. The molecule has 0 unspecified atom stereocenters. The molecule has 0 saturated heterocycles. The van der Waals surface area contributed by atoms with Crippen molar-refractivity contribution in [3.05, 3.63) is 76.0 Å². The van der Waals surface area contributed by atoms with E-state index in [0.717, 1.165) is 23.2 Å². The van der Waals surface area contributed by atoms with Crippen LogP contribution in [0.4, 0.5) is 5.69 Å². The van der Waals surface area contributed by atoms with Crippen molar-refractivity contribution in [3.8, 4) is 11.1 Å². The van der Waals surface area contributed by atoms with E-state index in [1.165, 1.54) is 28.0 Å². The van der Waals surface area contributed by atoms with Gasteiger partial charge in [0.1, 0.15) is 0 Å². The largest absolute Gasteiger partial charge is 0.311 e. The first-order valence-corrected chi connectivity index (χ1v) is 12.9. The predicted molar refractivity (Wildman–Crippen MR) is 126 cm³/mol. The summed E-state index contributed by atoms with van der Waals surface area (Å²) in [5, 5.41) is 3.20. The summed E-state index contributed by atoms with van der Waals surface area (Å²) < 4.78 is 24.6. The number of anilines is 1. The second kappa shape index (κ2) is 9.32. The molecule has 1 aromatic heterocycles. The molecular formula is C23H25N3O3S2. The van der Waals surface area contributed by atoms with E-state index in [4.69, 9.17) is 0 Å². The zero-order valence-electron chi connectivity index (χ0n) is 17.3. The van der Waals surface area contributed by atoms with E-state index in [9.17, 15) is 13.2 Å². The van der Waals surface area contributed by atoms with Crippen LogP contribution in [-0.2, 0) is 23.0 Å². The van der Waals surface area contributed by atoms with E-state index >= 15 is 0 Å². The third kappa shape index (κ3) is 5.22. The van der Waals surface area contributed by atoms with E-state index in [1.807, 2.05) is 47.4 Å². The molecule has 0 radical (unpaired) electrons. The van der Waals surface area contributed by atoms with Crippen molar-refractivity contribution in [1.82, 2.24) is 10.0 Å². The van der Waals surface area contributed by atoms with Crippen molar-refractivity contribution in [1.29, 1.82) is 0 Å². The van der Waals surface area contributed by atoms with Gasteiger partial charge in [0.25, 0.3) is 5.91 Å². The Bertz CT molecular complexity index is 1170. The number of thiophene rings is 1. The summed E-state index contributed by atoms with van der Waals surface area (Å²) in [6.45, 7) is 2.14. The number of rotatable bonds is 8. The van der Waals surface area contributed by atoms with E-state index in [1.54, 1.807) is 0 Å². The van der Waals surface area contributed by atoms with Gasteiger partial charge >= 0.3 is 0 Å². The molecule has 0 aliphatic carbocycles. The van der Waals surface area contributed by atoms with Crippen LogP contribution in [-0.4, -0.2) is 40.2 Å². The fraction of sp³-hybridized carbons (Fsp3) is 0.261. The van der Waals surface area contributed by atoms with E-state index < -0.39 is 10.0 Å². The molecule has 3 aromatic rings. The number of fused-ring (bicyclic) bond motifs is 1. The molecule has 2 heterocycles. The highest BCUT2D eigenvalue weighted by molar-refractivity contribution is 7.88. The average Bonchev–Trinajstić information content (AvgIpc) is 3.40. The van der Waals surface area contributed by atoms with Crippen molar-refractivity contribution in [3.63, 3.8) is 0 Å². The van der Waals surface area contributed by atoms with Gasteiger partial charge in [-0.15, -0.1) is 11.3 Å². The van der Waals surface area contributed by atoms with Crippen molar-refractivity contribution < 1.29 is 13.2 Å². The van der Waals surface area contributed by atoms with Crippen LogP contribution in [0.25, 0.3) is 11.1 Å². The number of benzene rings is 2. The molecule has 31 heavy (non-hydrogen) atoms. The molecule has 0 atom stereocenters. The maximum absolute atomic E-state index is 13.2. The molecule has 0 spiro atoms. The summed E-state index contributed by atoms with van der Waals surface area (Å²) in [7, 11) is -3.17. The zero-order chi connectivity index (χ0) is 21.8. The molecule has 0 saturated carbocycles. The highest BCUT2D eigenvalue weighted by Gasteiger charge is 2.28. The van der Waals surface area contributed by atoms with Crippen molar-refractivity contribution in [2.24, 2.45) is 0 Å². The predicted octanol–water partition coefficient (Wildman–Crippen LogP) is 3.26. The first-order chi connectivity index (χ1) is 14.9. The Morgan fingerprint density at radius 1 is 1.03 bits per heavy atom. The normalized spacial score (nSPS) is 13.4. The summed E-state index contributed by atoms with van der Waals surface area (Å²) >= 11 is 1.47. The van der Waals surface area contributed by atoms with Crippen molar-refractivity contribution in [2.45, 2.75) is 13.0 Å². The standard InChI is InChI=1S/C23H25N3O3S2/c1-31(28,29)25-14-13-24-16-18-10-11-22(30-18)23(27)26-15-12-20-19(8-5-9-21(20)26)17-6-3-2-4-7-17/h2-11,24-25H,12-16H2,1H3. The van der Waals surface area contributed by atoms with Gasteiger partial charge in [-0.2, -0.15) is 0 Å². The van der Waals surface area contributed by atoms with Gasteiger partial charge in [0.15, 0.2) is 0 Å². The quantitative estimate of drug-likeness (QED) is 0.511. The third-order valence-corrected chi connectivity index (χ3v) is 7.00. The minimum Gasteiger partial charge on any atom is -0.311 e. The summed E-state index contributed by atoms with van der Waals surface area (Å²) in [6, 6.07) is 20.3. The topological polar surface area (TPSA) is 78.5 Å². The molecule has 6 nitrogen and oxygen atoms in total.